The van der Waals surface area contributed by atoms with E-state index in [-0.39, 0.29) is 23.4 Å². The predicted octanol–water partition coefficient (Wildman–Crippen LogP) is 5.18. The van der Waals surface area contributed by atoms with E-state index in [1.807, 2.05) is 6.07 Å². The second kappa shape index (κ2) is 8.74. The monoisotopic (exact) mass is 375 g/mol. The lowest BCUT2D eigenvalue weighted by Crippen LogP contribution is -2.11. The molecule has 3 aromatic carbocycles. The third kappa shape index (κ3) is 4.89. The number of nitrogens with zero attached hydrogens (tertiary/aromatic N) is 1. The summed E-state index contributed by atoms with van der Waals surface area (Å²) >= 11 is 0. The fourth-order valence-corrected chi connectivity index (χ4v) is 2.62. The topological polar surface area (TPSA) is 50.1 Å². The number of halogens is 2. The molecule has 0 atom stereocenters. The Morgan fingerprint density at radius 1 is 1.00 bits per heavy atom. The quantitative estimate of drug-likeness (QED) is 0.267. The first kappa shape index (κ1) is 19.0. The molecule has 0 radical (unpaired) electrons. The van der Waals surface area contributed by atoms with E-state index in [0.29, 0.717) is 16.9 Å². The molecule has 0 aliphatic carbocycles. The van der Waals surface area contributed by atoms with Gasteiger partial charge in [0.1, 0.15) is 17.4 Å². The van der Waals surface area contributed by atoms with Gasteiger partial charge in [-0.05, 0) is 47.5 Å². The molecule has 28 heavy (non-hydrogen) atoms. The molecule has 0 saturated heterocycles. The van der Waals surface area contributed by atoms with Crippen LogP contribution in [-0.2, 0) is 11.2 Å². The van der Waals surface area contributed by atoms with E-state index in [2.05, 4.69) is 0 Å². The highest BCUT2D eigenvalue weighted by atomic mass is 19.1. The molecule has 3 aromatic rings. The molecule has 5 heteroatoms. The number of carbonyl (C=O) groups excluding carboxylic acids is 1. The van der Waals surface area contributed by atoms with Crippen molar-refractivity contribution in [1.82, 2.24) is 0 Å². The van der Waals surface area contributed by atoms with Gasteiger partial charge >= 0.3 is 5.97 Å². The second-order valence-corrected chi connectivity index (χ2v) is 6.00. The first-order valence-corrected chi connectivity index (χ1v) is 8.47. The normalized spacial score (nSPS) is 11.0. The van der Waals surface area contributed by atoms with Crippen LogP contribution in [0.5, 0.6) is 5.75 Å². The first-order valence-electron chi connectivity index (χ1n) is 8.47. The molecular weight excluding hydrogens is 360 g/mol. The number of nitriles is 1. The minimum absolute atomic E-state index is 0.000973. The van der Waals surface area contributed by atoms with Gasteiger partial charge in [-0.3, -0.25) is 4.79 Å². The number of carbonyl (C=O) groups is 1. The van der Waals surface area contributed by atoms with Gasteiger partial charge in [-0.2, -0.15) is 5.26 Å². The lowest BCUT2D eigenvalue weighted by Gasteiger charge is -2.06. The first-order chi connectivity index (χ1) is 13.5. The molecule has 0 heterocycles. The summed E-state index contributed by atoms with van der Waals surface area (Å²) in [5, 5.41) is 9.37. The van der Waals surface area contributed by atoms with E-state index in [1.54, 1.807) is 36.4 Å². The Morgan fingerprint density at radius 2 is 1.75 bits per heavy atom. The highest BCUT2D eigenvalue weighted by Crippen LogP contribution is 2.22. The Kier molecular flexibility index (Phi) is 5.93. The Hall–Kier alpha value is -3.78. The van der Waals surface area contributed by atoms with Gasteiger partial charge in [0.25, 0.3) is 0 Å². The molecule has 0 saturated carbocycles. The number of allylic oxidation sites excluding steroid dienone is 1. The summed E-state index contributed by atoms with van der Waals surface area (Å²) in [5.41, 5.74) is 1.58. The fourth-order valence-electron chi connectivity index (χ4n) is 2.62. The van der Waals surface area contributed by atoms with Crippen molar-refractivity contribution in [2.24, 2.45) is 0 Å². The molecular formula is C23H15F2NO2. The van der Waals surface area contributed by atoms with Gasteiger partial charge in [0.2, 0.25) is 0 Å². The molecule has 0 aliphatic heterocycles. The average Bonchev–Trinajstić information content (AvgIpc) is 2.69. The molecule has 0 fully saturated rings. The van der Waals surface area contributed by atoms with E-state index in [9.17, 15) is 18.8 Å². The van der Waals surface area contributed by atoms with Crippen LogP contribution < -0.4 is 4.74 Å². The number of benzene rings is 3. The third-order valence-electron chi connectivity index (χ3n) is 3.95. The molecule has 0 unspecified atom stereocenters. The number of ether oxygens (including phenoxy) is 1. The van der Waals surface area contributed by atoms with Crippen LogP contribution in [-0.4, -0.2) is 5.97 Å². The van der Waals surface area contributed by atoms with Crippen LogP contribution >= 0.6 is 0 Å². The summed E-state index contributed by atoms with van der Waals surface area (Å²) in [6.45, 7) is 0. The number of esters is 1. The van der Waals surface area contributed by atoms with Gasteiger partial charge in [0.05, 0.1) is 18.1 Å². The van der Waals surface area contributed by atoms with E-state index in [1.165, 1.54) is 42.5 Å². The lowest BCUT2D eigenvalue weighted by molar-refractivity contribution is -0.133. The highest BCUT2D eigenvalue weighted by Gasteiger charge is 2.09. The molecule has 3 rings (SSSR count). The lowest BCUT2D eigenvalue weighted by atomic mass is 10.0. The number of hydrogen-bond donors (Lipinski definition) is 0. The average molecular weight is 375 g/mol. The van der Waals surface area contributed by atoms with Gasteiger partial charge in [0, 0.05) is 5.56 Å². The standard InChI is InChI=1S/C23H15F2NO2/c24-19-10-8-16(9-11-19)14-23(27)28-20-5-3-4-17(13-20)12-18(15-26)21-6-1-2-7-22(21)25/h1-13H,14H2/b18-12-. The van der Waals surface area contributed by atoms with Crippen molar-refractivity contribution in [1.29, 1.82) is 5.26 Å². The van der Waals surface area contributed by atoms with Crippen LogP contribution in [0.3, 0.4) is 0 Å². The zero-order valence-electron chi connectivity index (χ0n) is 14.7. The van der Waals surface area contributed by atoms with Gasteiger partial charge in [0.15, 0.2) is 0 Å². The van der Waals surface area contributed by atoms with Crippen LogP contribution in [0.2, 0.25) is 0 Å². The van der Waals surface area contributed by atoms with Crippen molar-refractivity contribution in [3.63, 3.8) is 0 Å². The summed E-state index contributed by atoms with van der Waals surface area (Å²) in [4.78, 5) is 12.1. The largest absolute Gasteiger partial charge is 0.426 e. The second-order valence-electron chi connectivity index (χ2n) is 6.00. The summed E-state index contributed by atoms with van der Waals surface area (Å²) in [6.07, 6.45) is 1.52. The Balaban J connectivity index is 1.76. The van der Waals surface area contributed by atoms with Crippen molar-refractivity contribution < 1.29 is 18.3 Å². The molecule has 0 spiro atoms. The Morgan fingerprint density at radius 3 is 2.46 bits per heavy atom. The van der Waals surface area contributed by atoms with Gasteiger partial charge in [-0.25, -0.2) is 8.78 Å². The summed E-state index contributed by atoms with van der Waals surface area (Å²) < 4.78 is 32.2. The van der Waals surface area contributed by atoms with Crippen LogP contribution in [0, 0.1) is 23.0 Å². The fraction of sp³-hybridized carbons (Fsp3) is 0.0435. The maximum Gasteiger partial charge on any atom is 0.315 e. The van der Waals surface area contributed by atoms with Crippen molar-refractivity contribution in [3.8, 4) is 11.8 Å². The van der Waals surface area contributed by atoms with E-state index in [4.69, 9.17) is 4.74 Å². The zero-order valence-corrected chi connectivity index (χ0v) is 14.7. The molecule has 138 valence electrons. The Bertz CT molecular complexity index is 1070. The molecule has 0 N–H and O–H groups in total. The SMILES string of the molecule is N#C/C(=C/c1cccc(OC(=O)Cc2ccc(F)cc2)c1)c1ccccc1F. The van der Waals surface area contributed by atoms with E-state index in [0.717, 1.165) is 0 Å². The van der Waals surface area contributed by atoms with Crippen molar-refractivity contribution in [2.75, 3.05) is 0 Å². The van der Waals surface area contributed by atoms with Crippen LogP contribution in [0.4, 0.5) is 8.78 Å². The number of hydrogen-bond acceptors (Lipinski definition) is 3. The zero-order chi connectivity index (χ0) is 19.9. The Labute approximate surface area is 161 Å². The van der Waals surface area contributed by atoms with Crippen molar-refractivity contribution in [2.45, 2.75) is 6.42 Å². The third-order valence-corrected chi connectivity index (χ3v) is 3.95. The van der Waals surface area contributed by atoms with Crippen molar-refractivity contribution >= 4 is 17.6 Å². The maximum atomic E-state index is 13.9. The maximum absolute atomic E-state index is 13.9. The van der Waals surface area contributed by atoms with E-state index < -0.39 is 11.8 Å². The molecule has 3 nitrogen and oxygen atoms in total. The molecule has 0 amide bonds. The summed E-state index contributed by atoms with van der Waals surface area (Å²) in [7, 11) is 0. The van der Waals surface area contributed by atoms with Gasteiger partial charge in [-0.15, -0.1) is 0 Å². The minimum atomic E-state index is -0.498. The predicted molar refractivity (Wildman–Crippen MR) is 102 cm³/mol. The molecule has 0 aliphatic rings. The van der Waals surface area contributed by atoms with Gasteiger partial charge in [-0.1, -0.05) is 42.5 Å². The van der Waals surface area contributed by atoms with Crippen molar-refractivity contribution in [3.05, 3.63) is 101 Å². The minimum Gasteiger partial charge on any atom is -0.426 e. The van der Waals surface area contributed by atoms with Crippen LogP contribution in [0.1, 0.15) is 16.7 Å². The van der Waals surface area contributed by atoms with Gasteiger partial charge < -0.3 is 4.74 Å². The molecule has 0 aromatic heterocycles. The van der Waals surface area contributed by atoms with E-state index >= 15 is 0 Å². The number of rotatable bonds is 5. The summed E-state index contributed by atoms with van der Waals surface area (Å²) in [5.74, 6) is -1.06. The van der Waals surface area contributed by atoms with Crippen LogP contribution in [0.15, 0.2) is 72.8 Å². The molecule has 0 bridgehead atoms. The summed E-state index contributed by atoms with van der Waals surface area (Å²) in [6, 6.07) is 20.2. The van der Waals surface area contributed by atoms with Crippen LogP contribution in [0.25, 0.3) is 11.6 Å². The highest BCUT2D eigenvalue weighted by molar-refractivity contribution is 5.90. The smallest absolute Gasteiger partial charge is 0.315 e.